The van der Waals surface area contributed by atoms with E-state index in [1.54, 1.807) is 0 Å². The molecule has 0 N–H and O–H groups in total. The van der Waals surface area contributed by atoms with Gasteiger partial charge in [0.2, 0.25) is 0 Å². The molecule has 1 aliphatic rings. The maximum Gasteiger partial charge on any atom is -0.0146 e. The van der Waals surface area contributed by atoms with E-state index < -0.39 is 0 Å². The first-order chi connectivity index (χ1) is 6.90. The van der Waals surface area contributed by atoms with Crippen LogP contribution in [-0.4, -0.2) is 0 Å². The quantitative estimate of drug-likeness (QED) is 0.615. The molecular formula is C14H17. The van der Waals surface area contributed by atoms with E-state index in [1.807, 2.05) is 12.1 Å². The molecule has 2 rings (SSSR count). The van der Waals surface area contributed by atoms with Crippen molar-refractivity contribution in [3.63, 3.8) is 0 Å². The van der Waals surface area contributed by atoms with Crippen LogP contribution in [0.1, 0.15) is 30.4 Å². The third-order valence-electron chi connectivity index (χ3n) is 2.85. The smallest absolute Gasteiger partial charge is 0.0146 e. The van der Waals surface area contributed by atoms with Crippen LogP contribution in [0.4, 0.5) is 0 Å². The normalized spacial score (nSPS) is 15.4. The van der Waals surface area contributed by atoms with Crippen LogP contribution in [0.3, 0.4) is 0 Å². The van der Waals surface area contributed by atoms with Gasteiger partial charge in [-0.05, 0) is 55.2 Å². The van der Waals surface area contributed by atoms with E-state index >= 15 is 0 Å². The molecule has 14 heavy (non-hydrogen) atoms. The number of hydrogen-bond donors (Lipinski definition) is 0. The fourth-order valence-corrected chi connectivity index (χ4v) is 1.80. The average Bonchev–Trinajstić information content (AvgIpc) is 3.01. The topological polar surface area (TPSA) is 0 Å². The minimum atomic E-state index is 0.955. The van der Waals surface area contributed by atoms with Crippen molar-refractivity contribution in [1.82, 2.24) is 0 Å². The van der Waals surface area contributed by atoms with Gasteiger partial charge in [0.1, 0.15) is 0 Å². The lowest BCUT2D eigenvalue weighted by Crippen LogP contribution is -1.95. The molecule has 0 aliphatic heterocycles. The summed E-state index contributed by atoms with van der Waals surface area (Å²) in [4.78, 5) is 0. The first-order valence-corrected chi connectivity index (χ1v) is 5.49. The summed E-state index contributed by atoms with van der Waals surface area (Å²) >= 11 is 0. The number of aryl methyl sites for hydroxylation is 1. The number of benzene rings is 1. The first kappa shape index (κ1) is 9.51. The zero-order chi connectivity index (χ0) is 9.80. The summed E-state index contributed by atoms with van der Waals surface area (Å²) in [5.74, 6) is 0.955. The molecule has 0 unspecified atom stereocenters. The van der Waals surface area contributed by atoms with Gasteiger partial charge in [-0.15, -0.1) is 6.58 Å². The molecule has 0 spiro atoms. The van der Waals surface area contributed by atoms with Crippen LogP contribution in [0.2, 0.25) is 0 Å². The second kappa shape index (κ2) is 4.45. The van der Waals surface area contributed by atoms with Gasteiger partial charge >= 0.3 is 0 Å². The van der Waals surface area contributed by atoms with Gasteiger partial charge in [-0.25, -0.2) is 0 Å². The second-order valence-electron chi connectivity index (χ2n) is 4.15. The van der Waals surface area contributed by atoms with Crippen molar-refractivity contribution in [3.8, 4) is 0 Å². The summed E-state index contributed by atoms with van der Waals surface area (Å²) in [6.07, 6.45) is 8.28. The lowest BCUT2D eigenvalue weighted by molar-refractivity contribution is 0.812. The molecule has 1 radical (unpaired) electrons. The van der Waals surface area contributed by atoms with Gasteiger partial charge in [0.15, 0.2) is 0 Å². The van der Waals surface area contributed by atoms with Gasteiger partial charge in [0.25, 0.3) is 0 Å². The van der Waals surface area contributed by atoms with E-state index in [1.165, 1.54) is 30.4 Å². The molecule has 1 fully saturated rings. The van der Waals surface area contributed by atoms with Gasteiger partial charge < -0.3 is 0 Å². The molecule has 0 bridgehead atoms. The second-order valence-corrected chi connectivity index (χ2v) is 4.15. The molecule has 1 saturated carbocycles. The lowest BCUT2D eigenvalue weighted by atomic mass is 9.99. The minimum Gasteiger partial charge on any atom is -0.103 e. The zero-order valence-corrected chi connectivity index (χ0v) is 8.63. The summed E-state index contributed by atoms with van der Waals surface area (Å²) in [5, 5.41) is 0. The summed E-state index contributed by atoms with van der Waals surface area (Å²) in [7, 11) is 0. The molecule has 0 heteroatoms. The van der Waals surface area contributed by atoms with Gasteiger partial charge in [0.05, 0.1) is 0 Å². The highest BCUT2D eigenvalue weighted by Crippen LogP contribution is 2.33. The number of allylic oxidation sites excluding steroid dienone is 1. The maximum atomic E-state index is 3.77. The Kier molecular flexibility index (Phi) is 3.03. The lowest BCUT2D eigenvalue weighted by Gasteiger charge is -2.06. The molecule has 0 saturated heterocycles. The summed E-state index contributed by atoms with van der Waals surface area (Å²) in [6, 6.07) is 9.75. The summed E-state index contributed by atoms with van der Waals surface area (Å²) in [6.45, 7) is 3.77. The van der Waals surface area contributed by atoms with Crippen molar-refractivity contribution in [2.45, 2.75) is 32.1 Å². The summed E-state index contributed by atoms with van der Waals surface area (Å²) in [5.41, 5.74) is 2.91. The Morgan fingerprint density at radius 3 is 3.07 bits per heavy atom. The first-order valence-electron chi connectivity index (χ1n) is 5.49. The fraction of sp³-hybridized carbons (Fsp3) is 0.429. The van der Waals surface area contributed by atoms with E-state index in [2.05, 4.69) is 24.8 Å². The third-order valence-corrected chi connectivity index (χ3v) is 2.85. The Hall–Kier alpha value is -1.04. The fourth-order valence-electron chi connectivity index (χ4n) is 1.80. The van der Waals surface area contributed by atoms with Crippen molar-refractivity contribution < 1.29 is 0 Å². The van der Waals surface area contributed by atoms with Crippen LogP contribution in [0, 0.1) is 12.0 Å². The Labute approximate surface area is 86.7 Å². The average molecular weight is 185 g/mol. The largest absolute Gasteiger partial charge is 0.103 e. The Bertz CT molecular complexity index is 308. The number of rotatable bonds is 5. The van der Waals surface area contributed by atoms with Crippen LogP contribution >= 0.6 is 0 Å². The molecule has 1 aliphatic carbocycles. The highest BCUT2D eigenvalue weighted by Gasteiger charge is 2.22. The molecule has 0 aromatic heterocycles. The van der Waals surface area contributed by atoms with Gasteiger partial charge in [-0.3, -0.25) is 0 Å². The summed E-state index contributed by atoms with van der Waals surface area (Å²) < 4.78 is 0. The van der Waals surface area contributed by atoms with Crippen molar-refractivity contribution in [3.05, 3.63) is 48.0 Å². The third kappa shape index (κ3) is 2.47. The van der Waals surface area contributed by atoms with E-state index in [0.717, 1.165) is 18.8 Å². The predicted molar refractivity (Wildman–Crippen MR) is 60.2 cm³/mol. The molecule has 1 aromatic carbocycles. The molecule has 0 amide bonds. The highest BCUT2D eigenvalue weighted by atomic mass is 14.3. The van der Waals surface area contributed by atoms with Crippen LogP contribution in [0.15, 0.2) is 30.9 Å². The van der Waals surface area contributed by atoms with E-state index in [4.69, 9.17) is 0 Å². The minimum absolute atomic E-state index is 0.955. The Morgan fingerprint density at radius 1 is 1.50 bits per heavy atom. The van der Waals surface area contributed by atoms with E-state index in [9.17, 15) is 0 Å². The molecule has 0 atom stereocenters. The monoisotopic (exact) mass is 185 g/mol. The molecule has 73 valence electrons. The van der Waals surface area contributed by atoms with Crippen LogP contribution in [0.5, 0.6) is 0 Å². The molecule has 0 heterocycles. The van der Waals surface area contributed by atoms with Crippen LogP contribution in [0.25, 0.3) is 0 Å². The van der Waals surface area contributed by atoms with Gasteiger partial charge in [-0.1, -0.05) is 24.3 Å². The van der Waals surface area contributed by atoms with Crippen molar-refractivity contribution in [2.24, 2.45) is 5.92 Å². The van der Waals surface area contributed by atoms with Crippen LogP contribution in [-0.2, 0) is 12.8 Å². The standard InChI is InChI=1S/C14H17/c1-2-3-6-13-7-4-5-8-14(13)11-12-9-10-12/h2,4-5,7,12H,1,3,6,9-11H2. The SMILES string of the molecule is C=CCCc1ccc[c]c1CC1CC1. The van der Waals surface area contributed by atoms with Crippen molar-refractivity contribution in [1.29, 1.82) is 0 Å². The molecular weight excluding hydrogens is 168 g/mol. The van der Waals surface area contributed by atoms with Crippen molar-refractivity contribution >= 4 is 0 Å². The molecule has 1 aromatic rings. The predicted octanol–water partition coefficient (Wildman–Crippen LogP) is 3.56. The number of hydrogen-bond acceptors (Lipinski definition) is 0. The van der Waals surface area contributed by atoms with Gasteiger partial charge in [0, 0.05) is 0 Å². The van der Waals surface area contributed by atoms with E-state index in [0.29, 0.717) is 0 Å². The molecule has 0 nitrogen and oxygen atoms in total. The Balaban J connectivity index is 2.05. The Morgan fingerprint density at radius 2 is 2.36 bits per heavy atom. The maximum absolute atomic E-state index is 3.77. The zero-order valence-electron chi connectivity index (χ0n) is 8.63. The van der Waals surface area contributed by atoms with Gasteiger partial charge in [-0.2, -0.15) is 0 Å². The van der Waals surface area contributed by atoms with Crippen molar-refractivity contribution in [2.75, 3.05) is 0 Å². The van der Waals surface area contributed by atoms with Crippen LogP contribution < -0.4 is 0 Å². The highest BCUT2D eigenvalue weighted by molar-refractivity contribution is 5.27. The van der Waals surface area contributed by atoms with E-state index in [-0.39, 0.29) is 0 Å².